The lowest BCUT2D eigenvalue weighted by Crippen LogP contribution is -2.15. The van der Waals surface area contributed by atoms with E-state index >= 15 is 0 Å². The molecule has 0 amide bonds. The smallest absolute Gasteiger partial charge is 0.186 e. The minimum atomic E-state index is -0.0342. The molecule has 0 saturated heterocycles. The standard InChI is InChI=1S/C16H14O3S/c1-11-2-4-13(20-11)5-6-14(17)12-3-7-15-16(10-12)19-9-8-18-15/h2-7,10H,8-9H2,1H3/b6-5+. The second-order valence-electron chi connectivity index (χ2n) is 4.50. The Bertz CT molecular complexity index is 670. The van der Waals surface area contributed by atoms with Gasteiger partial charge in [-0.3, -0.25) is 4.79 Å². The van der Waals surface area contributed by atoms with Gasteiger partial charge in [0.1, 0.15) is 13.2 Å². The molecule has 1 aromatic carbocycles. The molecule has 2 heterocycles. The zero-order valence-corrected chi connectivity index (χ0v) is 11.9. The second kappa shape index (κ2) is 5.51. The Balaban J connectivity index is 1.78. The average molecular weight is 286 g/mol. The van der Waals surface area contributed by atoms with E-state index in [0.717, 1.165) is 4.88 Å². The summed E-state index contributed by atoms with van der Waals surface area (Å²) in [6, 6.07) is 9.33. The van der Waals surface area contributed by atoms with E-state index in [1.165, 1.54) is 4.88 Å². The van der Waals surface area contributed by atoms with Crippen molar-refractivity contribution in [2.24, 2.45) is 0 Å². The van der Waals surface area contributed by atoms with Crippen molar-refractivity contribution in [2.45, 2.75) is 6.92 Å². The number of ether oxygens (including phenoxy) is 2. The number of carbonyl (C=O) groups is 1. The van der Waals surface area contributed by atoms with Gasteiger partial charge in [-0.15, -0.1) is 11.3 Å². The van der Waals surface area contributed by atoms with E-state index in [0.29, 0.717) is 30.3 Å². The van der Waals surface area contributed by atoms with Crippen LogP contribution in [0.2, 0.25) is 0 Å². The maximum absolute atomic E-state index is 12.1. The molecule has 2 aromatic rings. The summed E-state index contributed by atoms with van der Waals surface area (Å²) in [7, 11) is 0. The van der Waals surface area contributed by atoms with Gasteiger partial charge >= 0.3 is 0 Å². The average Bonchev–Trinajstić information content (AvgIpc) is 2.90. The molecule has 0 bridgehead atoms. The minimum Gasteiger partial charge on any atom is -0.486 e. The molecule has 0 N–H and O–H groups in total. The summed E-state index contributed by atoms with van der Waals surface area (Å²) in [6.07, 6.45) is 3.44. The fraction of sp³-hybridized carbons (Fsp3) is 0.188. The molecule has 1 aliphatic heterocycles. The minimum absolute atomic E-state index is 0.0342. The monoisotopic (exact) mass is 286 g/mol. The zero-order chi connectivity index (χ0) is 13.9. The normalized spacial score (nSPS) is 13.7. The number of ketones is 1. The van der Waals surface area contributed by atoms with Crippen LogP contribution in [0, 0.1) is 6.92 Å². The van der Waals surface area contributed by atoms with Gasteiger partial charge in [-0.25, -0.2) is 0 Å². The molecular formula is C16H14O3S. The Morgan fingerprint density at radius 3 is 2.70 bits per heavy atom. The molecule has 0 spiro atoms. The number of hydrogen-bond donors (Lipinski definition) is 0. The first-order chi connectivity index (χ1) is 9.72. The third-order valence-electron chi connectivity index (χ3n) is 2.99. The van der Waals surface area contributed by atoms with Gasteiger partial charge in [0.05, 0.1) is 0 Å². The number of benzene rings is 1. The second-order valence-corrected chi connectivity index (χ2v) is 5.82. The predicted molar refractivity (Wildman–Crippen MR) is 79.9 cm³/mol. The molecule has 4 heteroatoms. The number of rotatable bonds is 3. The van der Waals surface area contributed by atoms with Crippen LogP contribution in [-0.2, 0) is 0 Å². The Labute approximate surface area is 121 Å². The van der Waals surface area contributed by atoms with Crippen molar-refractivity contribution in [3.63, 3.8) is 0 Å². The summed E-state index contributed by atoms with van der Waals surface area (Å²) < 4.78 is 10.9. The van der Waals surface area contributed by atoms with Crippen LogP contribution in [0.1, 0.15) is 20.1 Å². The first kappa shape index (κ1) is 12.9. The maximum atomic E-state index is 12.1. The first-order valence-electron chi connectivity index (χ1n) is 6.41. The van der Waals surface area contributed by atoms with Crippen molar-refractivity contribution in [2.75, 3.05) is 13.2 Å². The summed E-state index contributed by atoms with van der Waals surface area (Å²) >= 11 is 1.66. The van der Waals surface area contributed by atoms with Gasteiger partial charge in [-0.05, 0) is 49.4 Å². The Hall–Kier alpha value is -2.07. The van der Waals surface area contributed by atoms with Crippen molar-refractivity contribution in [1.29, 1.82) is 0 Å². The molecule has 0 radical (unpaired) electrons. The zero-order valence-electron chi connectivity index (χ0n) is 11.1. The lowest BCUT2D eigenvalue weighted by atomic mass is 10.1. The molecule has 102 valence electrons. The summed E-state index contributed by atoms with van der Waals surface area (Å²) in [6.45, 7) is 3.12. The van der Waals surface area contributed by atoms with Crippen LogP contribution < -0.4 is 9.47 Å². The molecule has 1 aromatic heterocycles. The van der Waals surface area contributed by atoms with E-state index in [2.05, 4.69) is 0 Å². The van der Waals surface area contributed by atoms with E-state index in [4.69, 9.17) is 9.47 Å². The lowest BCUT2D eigenvalue weighted by Gasteiger charge is -2.18. The van der Waals surface area contributed by atoms with Gasteiger partial charge in [0.2, 0.25) is 0 Å². The van der Waals surface area contributed by atoms with Crippen LogP contribution in [0.4, 0.5) is 0 Å². The SMILES string of the molecule is Cc1ccc(/C=C/C(=O)c2ccc3c(c2)OCCO3)s1. The predicted octanol–water partition coefficient (Wildman–Crippen LogP) is 3.72. The topological polar surface area (TPSA) is 35.5 Å². The highest BCUT2D eigenvalue weighted by Crippen LogP contribution is 2.31. The summed E-state index contributed by atoms with van der Waals surface area (Å²) in [5.41, 5.74) is 0.610. The molecule has 20 heavy (non-hydrogen) atoms. The first-order valence-corrected chi connectivity index (χ1v) is 7.22. The van der Waals surface area contributed by atoms with Crippen molar-refractivity contribution in [3.8, 4) is 11.5 Å². The number of allylic oxidation sites excluding steroid dienone is 1. The Morgan fingerprint density at radius 1 is 1.15 bits per heavy atom. The van der Waals surface area contributed by atoms with Crippen LogP contribution in [-0.4, -0.2) is 19.0 Å². The van der Waals surface area contributed by atoms with Crippen LogP contribution in [0.25, 0.3) is 6.08 Å². The molecule has 3 rings (SSSR count). The van der Waals surface area contributed by atoms with Crippen molar-refractivity contribution >= 4 is 23.2 Å². The summed E-state index contributed by atoms with van der Waals surface area (Å²) in [4.78, 5) is 14.4. The van der Waals surface area contributed by atoms with Crippen molar-refractivity contribution in [3.05, 3.63) is 51.7 Å². The van der Waals surface area contributed by atoms with Gasteiger partial charge < -0.3 is 9.47 Å². The Kier molecular flexibility index (Phi) is 3.56. The highest BCUT2D eigenvalue weighted by atomic mass is 32.1. The highest BCUT2D eigenvalue weighted by Gasteiger charge is 2.13. The van der Waals surface area contributed by atoms with Crippen LogP contribution in [0.3, 0.4) is 0 Å². The molecule has 0 unspecified atom stereocenters. The summed E-state index contributed by atoms with van der Waals surface area (Å²) in [5.74, 6) is 1.31. The molecular weight excluding hydrogens is 272 g/mol. The fourth-order valence-corrected chi connectivity index (χ4v) is 2.77. The van der Waals surface area contributed by atoms with Gasteiger partial charge in [-0.1, -0.05) is 0 Å². The van der Waals surface area contributed by atoms with Crippen LogP contribution in [0.15, 0.2) is 36.4 Å². The van der Waals surface area contributed by atoms with Gasteiger partial charge in [0.25, 0.3) is 0 Å². The van der Waals surface area contributed by atoms with E-state index in [-0.39, 0.29) is 5.78 Å². The summed E-state index contributed by atoms with van der Waals surface area (Å²) in [5, 5.41) is 0. The third kappa shape index (κ3) is 2.75. The van der Waals surface area contributed by atoms with Gasteiger partial charge in [0, 0.05) is 15.3 Å². The quantitative estimate of drug-likeness (QED) is 0.637. The number of carbonyl (C=O) groups excluding carboxylic acids is 1. The van der Waals surface area contributed by atoms with Gasteiger partial charge in [0.15, 0.2) is 17.3 Å². The fourth-order valence-electron chi connectivity index (χ4n) is 1.99. The molecule has 0 aliphatic carbocycles. The third-order valence-corrected chi connectivity index (χ3v) is 3.95. The molecule has 3 nitrogen and oxygen atoms in total. The maximum Gasteiger partial charge on any atom is 0.186 e. The number of aryl methyl sites for hydroxylation is 1. The van der Waals surface area contributed by atoms with E-state index < -0.39 is 0 Å². The molecule has 0 saturated carbocycles. The lowest BCUT2D eigenvalue weighted by molar-refractivity contribution is 0.104. The Morgan fingerprint density at radius 2 is 1.95 bits per heavy atom. The van der Waals surface area contributed by atoms with E-state index in [1.54, 1.807) is 35.6 Å². The van der Waals surface area contributed by atoms with Gasteiger partial charge in [-0.2, -0.15) is 0 Å². The molecule has 0 atom stereocenters. The van der Waals surface area contributed by atoms with Crippen molar-refractivity contribution < 1.29 is 14.3 Å². The largest absolute Gasteiger partial charge is 0.486 e. The van der Waals surface area contributed by atoms with E-state index in [9.17, 15) is 4.79 Å². The van der Waals surface area contributed by atoms with Crippen molar-refractivity contribution in [1.82, 2.24) is 0 Å². The number of hydrogen-bond acceptors (Lipinski definition) is 4. The number of fused-ring (bicyclic) bond motifs is 1. The number of thiophene rings is 1. The molecule has 1 aliphatic rings. The molecule has 0 fully saturated rings. The highest BCUT2D eigenvalue weighted by molar-refractivity contribution is 7.12. The van der Waals surface area contributed by atoms with Crippen LogP contribution >= 0.6 is 11.3 Å². The van der Waals surface area contributed by atoms with E-state index in [1.807, 2.05) is 25.1 Å². The van der Waals surface area contributed by atoms with Crippen LogP contribution in [0.5, 0.6) is 11.5 Å².